The zero-order valence-corrected chi connectivity index (χ0v) is 11.9. The van der Waals surface area contributed by atoms with E-state index >= 15 is 0 Å². The van der Waals surface area contributed by atoms with Gasteiger partial charge in [0.2, 0.25) is 0 Å². The molecule has 1 aromatic rings. The van der Waals surface area contributed by atoms with Crippen LogP contribution >= 0.6 is 0 Å². The highest BCUT2D eigenvalue weighted by molar-refractivity contribution is 5.72. The Kier molecular flexibility index (Phi) is 4.55. The van der Waals surface area contributed by atoms with Crippen LogP contribution in [-0.4, -0.2) is 44.3 Å². The molecule has 1 heterocycles. The van der Waals surface area contributed by atoms with Gasteiger partial charge in [-0.05, 0) is 25.0 Å². The monoisotopic (exact) mass is 279 g/mol. The number of amides is 2. The average molecular weight is 279 g/mol. The number of ether oxygens (including phenoxy) is 2. The molecule has 6 nitrogen and oxygen atoms in total. The number of primary amides is 1. The fraction of sp³-hybridized carbons (Fsp3) is 0.500. The highest BCUT2D eigenvalue weighted by Gasteiger charge is 2.21. The van der Waals surface area contributed by atoms with E-state index in [0.29, 0.717) is 19.1 Å². The van der Waals surface area contributed by atoms with Crippen LogP contribution < -0.4 is 20.5 Å². The van der Waals surface area contributed by atoms with Gasteiger partial charge in [0.25, 0.3) is 0 Å². The minimum atomic E-state index is -0.345. The van der Waals surface area contributed by atoms with E-state index < -0.39 is 0 Å². The van der Waals surface area contributed by atoms with Crippen LogP contribution in [0.4, 0.5) is 10.5 Å². The van der Waals surface area contributed by atoms with Gasteiger partial charge in [-0.3, -0.25) is 0 Å². The Morgan fingerprint density at radius 3 is 2.55 bits per heavy atom. The largest absolute Gasteiger partial charge is 0.497 e. The van der Waals surface area contributed by atoms with Crippen molar-refractivity contribution in [3.8, 4) is 11.5 Å². The molecular formula is C14H21N3O3. The Balaban J connectivity index is 2.01. The number of nitrogens with one attached hydrogen (secondary N) is 1. The quantitative estimate of drug-likeness (QED) is 0.878. The lowest BCUT2D eigenvalue weighted by molar-refractivity contribution is 0.193. The molecule has 0 aromatic heterocycles. The van der Waals surface area contributed by atoms with Crippen molar-refractivity contribution >= 4 is 11.7 Å². The van der Waals surface area contributed by atoms with E-state index in [1.807, 2.05) is 18.2 Å². The zero-order valence-electron chi connectivity index (χ0n) is 11.9. The fourth-order valence-corrected chi connectivity index (χ4v) is 2.39. The van der Waals surface area contributed by atoms with E-state index in [2.05, 4.69) is 5.32 Å². The molecule has 20 heavy (non-hydrogen) atoms. The molecule has 1 aliphatic heterocycles. The van der Waals surface area contributed by atoms with Crippen molar-refractivity contribution in [2.75, 3.05) is 32.6 Å². The third-order valence-electron chi connectivity index (χ3n) is 3.57. The Morgan fingerprint density at radius 1 is 1.30 bits per heavy atom. The SMILES string of the molecule is COc1ccc(OC)c(NC2CCN(C(N)=O)CC2)c1. The van der Waals surface area contributed by atoms with Gasteiger partial charge in [-0.1, -0.05) is 0 Å². The standard InChI is InChI=1S/C14H21N3O3/c1-19-11-3-4-13(20-2)12(9-11)16-10-5-7-17(8-6-10)14(15)18/h3-4,9-10,16H,5-8H2,1-2H3,(H2,15,18). The van der Waals surface area contributed by atoms with Gasteiger partial charge in [0.05, 0.1) is 19.9 Å². The number of nitrogens with two attached hydrogens (primary N) is 1. The van der Waals surface area contributed by atoms with Crippen molar-refractivity contribution < 1.29 is 14.3 Å². The highest BCUT2D eigenvalue weighted by Crippen LogP contribution is 2.30. The Morgan fingerprint density at radius 2 is 2.00 bits per heavy atom. The topological polar surface area (TPSA) is 76.8 Å². The van der Waals surface area contributed by atoms with Crippen LogP contribution in [0.5, 0.6) is 11.5 Å². The van der Waals surface area contributed by atoms with E-state index in [0.717, 1.165) is 30.0 Å². The number of hydrogen-bond acceptors (Lipinski definition) is 4. The lowest BCUT2D eigenvalue weighted by atomic mass is 10.0. The number of carbonyl (C=O) groups is 1. The minimum absolute atomic E-state index is 0.298. The predicted octanol–water partition coefficient (Wildman–Crippen LogP) is 1.66. The highest BCUT2D eigenvalue weighted by atomic mass is 16.5. The number of urea groups is 1. The Bertz CT molecular complexity index is 471. The second-order valence-electron chi connectivity index (χ2n) is 4.81. The summed E-state index contributed by atoms with van der Waals surface area (Å²) in [6.07, 6.45) is 1.73. The molecule has 0 bridgehead atoms. The molecule has 2 amide bonds. The number of likely N-dealkylation sites (tertiary alicyclic amines) is 1. The van der Waals surface area contributed by atoms with Crippen molar-refractivity contribution in [1.82, 2.24) is 4.90 Å². The number of hydrogen-bond donors (Lipinski definition) is 2. The molecule has 1 fully saturated rings. The van der Waals surface area contributed by atoms with E-state index in [1.165, 1.54) is 0 Å². The van der Waals surface area contributed by atoms with Gasteiger partial charge < -0.3 is 25.4 Å². The summed E-state index contributed by atoms with van der Waals surface area (Å²) in [5, 5.41) is 3.45. The first-order valence-electron chi connectivity index (χ1n) is 6.67. The predicted molar refractivity (Wildman–Crippen MR) is 77.3 cm³/mol. The van der Waals surface area contributed by atoms with Crippen molar-refractivity contribution in [2.45, 2.75) is 18.9 Å². The molecule has 6 heteroatoms. The second kappa shape index (κ2) is 6.36. The van der Waals surface area contributed by atoms with Crippen LogP contribution in [0.1, 0.15) is 12.8 Å². The number of piperidine rings is 1. The molecule has 0 spiro atoms. The number of carbonyl (C=O) groups excluding carboxylic acids is 1. The molecule has 0 radical (unpaired) electrons. The van der Waals surface area contributed by atoms with Crippen molar-refractivity contribution in [3.63, 3.8) is 0 Å². The van der Waals surface area contributed by atoms with Crippen molar-refractivity contribution in [2.24, 2.45) is 5.73 Å². The van der Waals surface area contributed by atoms with Gasteiger partial charge in [-0.25, -0.2) is 4.79 Å². The summed E-state index contributed by atoms with van der Waals surface area (Å²) in [5.41, 5.74) is 6.19. The summed E-state index contributed by atoms with van der Waals surface area (Å²) in [6.45, 7) is 1.36. The summed E-state index contributed by atoms with van der Waals surface area (Å²) in [4.78, 5) is 12.8. The van der Waals surface area contributed by atoms with E-state index in [9.17, 15) is 4.79 Å². The number of nitrogens with zero attached hydrogens (tertiary/aromatic N) is 1. The molecule has 1 aromatic carbocycles. The number of benzene rings is 1. The first kappa shape index (κ1) is 14.3. The molecule has 0 saturated carbocycles. The van der Waals surface area contributed by atoms with Gasteiger partial charge in [0.1, 0.15) is 11.5 Å². The number of methoxy groups -OCH3 is 2. The molecule has 1 saturated heterocycles. The van der Waals surface area contributed by atoms with Crippen LogP contribution in [0.15, 0.2) is 18.2 Å². The molecule has 110 valence electrons. The summed E-state index contributed by atoms with van der Waals surface area (Å²) >= 11 is 0. The number of rotatable bonds is 4. The van der Waals surface area contributed by atoms with Gasteiger partial charge in [0, 0.05) is 25.2 Å². The summed E-state index contributed by atoms with van der Waals surface area (Å²) < 4.78 is 10.6. The van der Waals surface area contributed by atoms with Crippen molar-refractivity contribution in [3.05, 3.63) is 18.2 Å². The summed E-state index contributed by atoms with van der Waals surface area (Å²) in [5.74, 6) is 1.56. The van der Waals surface area contributed by atoms with Crippen LogP contribution in [0.25, 0.3) is 0 Å². The molecule has 0 atom stereocenters. The first-order valence-corrected chi connectivity index (χ1v) is 6.67. The third kappa shape index (κ3) is 3.26. The van der Waals surface area contributed by atoms with Crippen LogP contribution in [-0.2, 0) is 0 Å². The normalized spacial score (nSPS) is 15.8. The zero-order chi connectivity index (χ0) is 14.5. The van der Waals surface area contributed by atoms with E-state index in [4.69, 9.17) is 15.2 Å². The average Bonchev–Trinajstić information content (AvgIpc) is 2.47. The lowest BCUT2D eigenvalue weighted by Crippen LogP contribution is -2.44. The molecule has 1 aliphatic rings. The van der Waals surface area contributed by atoms with Crippen LogP contribution in [0.3, 0.4) is 0 Å². The van der Waals surface area contributed by atoms with Crippen molar-refractivity contribution in [1.29, 1.82) is 0 Å². The molecule has 3 N–H and O–H groups in total. The van der Waals surface area contributed by atoms with Gasteiger partial charge in [0.15, 0.2) is 0 Å². The third-order valence-corrected chi connectivity index (χ3v) is 3.57. The Labute approximate surface area is 118 Å². The maximum atomic E-state index is 11.1. The number of anilines is 1. The van der Waals surface area contributed by atoms with Gasteiger partial charge in [-0.2, -0.15) is 0 Å². The van der Waals surface area contributed by atoms with E-state index in [-0.39, 0.29) is 6.03 Å². The summed E-state index contributed by atoms with van der Waals surface area (Å²) in [7, 11) is 3.28. The van der Waals surface area contributed by atoms with Crippen LogP contribution in [0.2, 0.25) is 0 Å². The first-order chi connectivity index (χ1) is 9.63. The molecule has 0 aliphatic carbocycles. The maximum absolute atomic E-state index is 11.1. The smallest absolute Gasteiger partial charge is 0.314 e. The molecule has 0 unspecified atom stereocenters. The maximum Gasteiger partial charge on any atom is 0.314 e. The molecule has 2 rings (SSSR count). The van der Waals surface area contributed by atoms with Gasteiger partial charge >= 0.3 is 6.03 Å². The second-order valence-corrected chi connectivity index (χ2v) is 4.81. The molecular weight excluding hydrogens is 258 g/mol. The lowest BCUT2D eigenvalue weighted by Gasteiger charge is -2.32. The van der Waals surface area contributed by atoms with Gasteiger partial charge in [-0.15, -0.1) is 0 Å². The Hall–Kier alpha value is -2.11. The summed E-state index contributed by atoms with van der Waals surface area (Å²) in [6, 6.07) is 5.60. The minimum Gasteiger partial charge on any atom is -0.497 e. The van der Waals surface area contributed by atoms with Crippen LogP contribution in [0, 0.1) is 0 Å². The van der Waals surface area contributed by atoms with E-state index in [1.54, 1.807) is 19.1 Å². The fourth-order valence-electron chi connectivity index (χ4n) is 2.39.